The number of furan rings is 1. The molecule has 72 valence electrons. The lowest BCUT2D eigenvalue weighted by atomic mass is 10.3. The SMILES string of the molecule is COC(=O)Cc1occc1NCO. The molecule has 0 spiro atoms. The molecule has 0 fully saturated rings. The van der Waals surface area contributed by atoms with Crippen molar-refractivity contribution in [1.29, 1.82) is 0 Å². The van der Waals surface area contributed by atoms with E-state index in [9.17, 15) is 4.79 Å². The minimum absolute atomic E-state index is 0.0613. The lowest BCUT2D eigenvalue weighted by Gasteiger charge is -2.01. The number of nitrogens with one attached hydrogen (secondary N) is 1. The average Bonchev–Trinajstić information content (AvgIpc) is 2.54. The fourth-order valence-corrected chi connectivity index (χ4v) is 0.923. The fraction of sp³-hybridized carbons (Fsp3) is 0.375. The van der Waals surface area contributed by atoms with Gasteiger partial charge in [-0.2, -0.15) is 0 Å². The van der Waals surface area contributed by atoms with E-state index in [2.05, 4.69) is 10.1 Å². The van der Waals surface area contributed by atoms with Gasteiger partial charge in [0.1, 0.15) is 18.9 Å². The van der Waals surface area contributed by atoms with Crippen LogP contribution in [-0.4, -0.2) is 24.9 Å². The number of methoxy groups -OCH3 is 1. The second-order valence-electron chi connectivity index (χ2n) is 2.35. The largest absolute Gasteiger partial charge is 0.469 e. The molecule has 0 atom stereocenters. The lowest BCUT2D eigenvalue weighted by molar-refractivity contribution is -0.140. The summed E-state index contributed by atoms with van der Waals surface area (Å²) in [6.45, 7) is -0.201. The Morgan fingerprint density at radius 1 is 1.77 bits per heavy atom. The van der Waals surface area contributed by atoms with E-state index in [0.29, 0.717) is 11.4 Å². The topological polar surface area (TPSA) is 71.7 Å². The standard InChI is InChI=1S/C8H11NO4/c1-12-8(11)4-7-6(9-5-10)2-3-13-7/h2-3,9-10H,4-5H2,1H3. The molecule has 13 heavy (non-hydrogen) atoms. The maximum Gasteiger partial charge on any atom is 0.313 e. The molecule has 5 heteroatoms. The number of esters is 1. The summed E-state index contributed by atoms with van der Waals surface area (Å²) in [5, 5.41) is 11.2. The number of anilines is 1. The Morgan fingerprint density at radius 3 is 3.15 bits per heavy atom. The van der Waals surface area contributed by atoms with Crippen LogP contribution in [0.4, 0.5) is 5.69 Å². The Bertz CT molecular complexity index is 281. The van der Waals surface area contributed by atoms with Crippen LogP contribution in [0.3, 0.4) is 0 Å². The van der Waals surface area contributed by atoms with Gasteiger partial charge in [0.05, 0.1) is 19.1 Å². The van der Waals surface area contributed by atoms with Crippen LogP contribution in [0.2, 0.25) is 0 Å². The Balaban J connectivity index is 2.64. The maximum atomic E-state index is 10.9. The molecule has 1 rings (SSSR count). The molecule has 0 amide bonds. The number of rotatable bonds is 4. The van der Waals surface area contributed by atoms with Crippen molar-refractivity contribution in [2.75, 3.05) is 19.2 Å². The molecule has 0 unspecified atom stereocenters. The second-order valence-corrected chi connectivity index (χ2v) is 2.35. The van der Waals surface area contributed by atoms with Crippen LogP contribution in [0.25, 0.3) is 0 Å². The summed E-state index contributed by atoms with van der Waals surface area (Å²) in [5.74, 6) is 0.0804. The van der Waals surface area contributed by atoms with Crippen LogP contribution in [-0.2, 0) is 16.0 Å². The summed E-state index contributed by atoms with van der Waals surface area (Å²) in [4.78, 5) is 10.9. The van der Waals surface area contributed by atoms with Crippen molar-refractivity contribution in [3.8, 4) is 0 Å². The first-order valence-corrected chi connectivity index (χ1v) is 3.76. The van der Waals surface area contributed by atoms with E-state index in [4.69, 9.17) is 9.52 Å². The molecular weight excluding hydrogens is 174 g/mol. The highest BCUT2D eigenvalue weighted by Crippen LogP contribution is 2.17. The van der Waals surface area contributed by atoms with Gasteiger partial charge in [-0.1, -0.05) is 0 Å². The first-order valence-electron chi connectivity index (χ1n) is 3.76. The summed E-state index contributed by atoms with van der Waals surface area (Å²) in [5.41, 5.74) is 0.605. The van der Waals surface area contributed by atoms with Gasteiger partial charge in [0.25, 0.3) is 0 Å². The molecule has 0 aliphatic carbocycles. The minimum Gasteiger partial charge on any atom is -0.469 e. The minimum atomic E-state index is -0.379. The molecule has 0 saturated heterocycles. The van der Waals surface area contributed by atoms with Gasteiger partial charge in [-0.25, -0.2) is 0 Å². The maximum absolute atomic E-state index is 10.9. The van der Waals surface area contributed by atoms with E-state index >= 15 is 0 Å². The zero-order valence-electron chi connectivity index (χ0n) is 7.24. The van der Waals surface area contributed by atoms with Gasteiger partial charge in [-0.3, -0.25) is 4.79 Å². The van der Waals surface area contributed by atoms with E-state index < -0.39 is 0 Å². The Morgan fingerprint density at radius 2 is 2.54 bits per heavy atom. The lowest BCUT2D eigenvalue weighted by Crippen LogP contribution is -2.07. The van der Waals surface area contributed by atoms with Gasteiger partial charge in [0.15, 0.2) is 0 Å². The number of hydrogen-bond acceptors (Lipinski definition) is 5. The molecule has 0 radical (unpaired) electrons. The van der Waals surface area contributed by atoms with Crippen molar-refractivity contribution in [3.05, 3.63) is 18.1 Å². The third-order valence-electron chi connectivity index (χ3n) is 1.55. The van der Waals surface area contributed by atoms with Gasteiger partial charge in [-0.05, 0) is 6.07 Å². The zero-order valence-corrected chi connectivity index (χ0v) is 7.24. The second kappa shape index (κ2) is 4.51. The molecule has 0 aliphatic heterocycles. The number of aliphatic hydroxyl groups excluding tert-OH is 1. The van der Waals surface area contributed by atoms with Crippen LogP contribution in [0.5, 0.6) is 0 Å². The van der Waals surface area contributed by atoms with Crippen LogP contribution < -0.4 is 5.32 Å². The molecule has 1 heterocycles. The predicted molar refractivity (Wildman–Crippen MR) is 45.1 cm³/mol. The highest BCUT2D eigenvalue weighted by atomic mass is 16.5. The number of hydrogen-bond donors (Lipinski definition) is 2. The molecule has 0 aliphatic rings. The van der Waals surface area contributed by atoms with E-state index in [1.165, 1.54) is 13.4 Å². The molecular formula is C8H11NO4. The number of aliphatic hydroxyl groups is 1. The molecule has 0 saturated carbocycles. The first kappa shape index (κ1) is 9.60. The molecule has 0 bridgehead atoms. The van der Waals surface area contributed by atoms with Gasteiger partial charge >= 0.3 is 5.97 Å². The summed E-state index contributed by atoms with van der Waals surface area (Å²) in [7, 11) is 1.31. The fourth-order valence-electron chi connectivity index (χ4n) is 0.923. The Labute approximate surface area is 75.3 Å². The van der Waals surface area contributed by atoms with Crippen molar-refractivity contribution in [2.45, 2.75) is 6.42 Å². The molecule has 5 nitrogen and oxygen atoms in total. The summed E-state index contributed by atoms with van der Waals surface area (Å²) in [6.07, 6.45) is 1.50. The van der Waals surface area contributed by atoms with Crippen molar-refractivity contribution in [3.63, 3.8) is 0 Å². The van der Waals surface area contributed by atoms with Crippen LogP contribution in [0.1, 0.15) is 5.76 Å². The van der Waals surface area contributed by atoms with Crippen molar-refractivity contribution >= 4 is 11.7 Å². The van der Waals surface area contributed by atoms with E-state index in [1.807, 2.05) is 0 Å². The smallest absolute Gasteiger partial charge is 0.313 e. The van der Waals surface area contributed by atoms with Crippen molar-refractivity contribution < 1.29 is 19.1 Å². The quantitative estimate of drug-likeness (QED) is 0.523. The third-order valence-corrected chi connectivity index (χ3v) is 1.55. The van der Waals surface area contributed by atoms with Gasteiger partial charge < -0.3 is 19.6 Å². The van der Waals surface area contributed by atoms with E-state index in [-0.39, 0.29) is 19.1 Å². The zero-order chi connectivity index (χ0) is 9.68. The van der Waals surface area contributed by atoms with Crippen LogP contribution in [0, 0.1) is 0 Å². The van der Waals surface area contributed by atoms with Gasteiger partial charge in [-0.15, -0.1) is 0 Å². The Kier molecular flexibility index (Phi) is 3.33. The first-order chi connectivity index (χ1) is 6.27. The van der Waals surface area contributed by atoms with Gasteiger partial charge in [0, 0.05) is 0 Å². The number of ether oxygens (including phenoxy) is 1. The molecule has 2 N–H and O–H groups in total. The molecule has 1 aromatic rings. The number of carbonyl (C=O) groups excluding carboxylic acids is 1. The van der Waals surface area contributed by atoms with Crippen LogP contribution in [0.15, 0.2) is 16.7 Å². The number of carbonyl (C=O) groups is 1. The monoisotopic (exact) mass is 185 g/mol. The third kappa shape index (κ3) is 2.48. The Hall–Kier alpha value is -1.49. The normalized spacial score (nSPS) is 9.69. The summed E-state index contributed by atoms with van der Waals surface area (Å²) < 4.78 is 9.48. The summed E-state index contributed by atoms with van der Waals surface area (Å²) in [6, 6.07) is 1.63. The van der Waals surface area contributed by atoms with E-state index in [0.717, 1.165) is 0 Å². The predicted octanol–water partition coefficient (Wildman–Crippen LogP) is 0.357. The van der Waals surface area contributed by atoms with Crippen molar-refractivity contribution in [2.24, 2.45) is 0 Å². The van der Waals surface area contributed by atoms with Crippen molar-refractivity contribution in [1.82, 2.24) is 0 Å². The molecule has 1 aromatic heterocycles. The highest BCUT2D eigenvalue weighted by molar-refractivity contribution is 5.73. The highest BCUT2D eigenvalue weighted by Gasteiger charge is 2.10. The average molecular weight is 185 g/mol. The van der Waals surface area contributed by atoms with Gasteiger partial charge in [0.2, 0.25) is 0 Å². The summed E-state index contributed by atoms with van der Waals surface area (Å²) >= 11 is 0. The van der Waals surface area contributed by atoms with E-state index in [1.54, 1.807) is 6.07 Å². The van der Waals surface area contributed by atoms with Crippen LogP contribution >= 0.6 is 0 Å². The molecule has 0 aromatic carbocycles.